The zero-order chi connectivity index (χ0) is 10.9. The van der Waals surface area contributed by atoms with E-state index in [9.17, 15) is 9.59 Å². The van der Waals surface area contributed by atoms with Gasteiger partial charge in [0.05, 0.1) is 0 Å². The van der Waals surface area contributed by atoms with Gasteiger partial charge in [0, 0.05) is 24.2 Å². The summed E-state index contributed by atoms with van der Waals surface area (Å²) in [5.74, 6) is -0.442. The van der Waals surface area contributed by atoms with E-state index >= 15 is 0 Å². The molecule has 0 bridgehead atoms. The molecular formula is C10H16N2O2. The highest BCUT2D eigenvalue weighted by Crippen LogP contribution is 2.23. The lowest BCUT2D eigenvalue weighted by Crippen LogP contribution is -2.39. The molecule has 0 saturated heterocycles. The fourth-order valence-electron chi connectivity index (χ4n) is 1.57. The van der Waals surface area contributed by atoms with Gasteiger partial charge in [-0.25, -0.2) is 0 Å². The molecular weight excluding hydrogens is 180 g/mol. The zero-order valence-corrected chi connectivity index (χ0v) is 8.78. The third-order valence-electron chi connectivity index (χ3n) is 2.42. The number of carbonyl (C=O) groups excluding carboxylic acids is 2. The average molecular weight is 196 g/mol. The topological polar surface area (TPSA) is 63.4 Å². The summed E-state index contributed by atoms with van der Waals surface area (Å²) >= 11 is 0. The van der Waals surface area contributed by atoms with Gasteiger partial charge in [-0.1, -0.05) is 6.92 Å². The highest BCUT2D eigenvalue weighted by molar-refractivity contribution is 5.95. The summed E-state index contributed by atoms with van der Waals surface area (Å²) in [6, 6.07) is 0.0735. The van der Waals surface area contributed by atoms with Crippen LogP contribution in [0.4, 0.5) is 0 Å². The van der Waals surface area contributed by atoms with Crippen molar-refractivity contribution in [2.45, 2.75) is 33.2 Å². The molecule has 1 rings (SSSR count). The van der Waals surface area contributed by atoms with Crippen molar-refractivity contribution < 1.29 is 9.59 Å². The van der Waals surface area contributed by atoms with Gasteiger partial charge in [0.1, 0.15) is 0 Å². The Morgan fingerprint density at radius 2 is 2.21 bits per heavy atom. The predicted octanol–water partition coefficient (Wildman–Crippen LogP) is 0.632. The predicted molar refractivity (Wildman–Crippen MR) is 53.0 cm³/mol. The van der Waals surface area contributed by atoms with Crippen LogP contribution in [-0.2, 0) is 9.59 Å². The summed E-state index contributed by atoms with van der Waals surface area (Å²) in [7, 11) is 0. The summed E-state index contributed by atoms with van der Waals surface area (Å²) in [5.41, 5.74) is 5.76. The quantitative estimate of drug-likeness (QED) is 0.704. The van der Waals surface area contributed by atoms with E-state index in [0.29, 0.717) is 12.0 Å². The van der Waals surface area contributed by atoms with Crippen LogP contribution in [0.25, 0.3) is 0 Å². The van der Waals surface area contributed by atoms with Gasteiger partial charge in [0.15, 0.2) is 0 Å². The highest BCUT2D eigenvalue weighted by atomic mass is 16.2. The first kappa shape index (κ1) is 10.8. The minimum atomic E-state index is -0.435. The van der Waals surface area contributed by atoms with E-state index < -0.39 is 5.91 Å². The molecule has 4 nitrogen and oxygen atoms in total. The number of hydrogen-bond acceptors (Lipinski definition) is 2. The molecule has 0 aromatic heterocycles. The summed E-state index contributed by atoms with van der Waals surface area (Å²) < 4.78 is 0. The maximum absolute atomic E-state index is 11.5. The molecule has 2 N–H and O–H groups in total. The number of amides is 2. The molecule has 78 valence electrons. The monoisotopic (exact) mass is 196 g/mol. The number of carbonyl (C=O) groups is 2. The van der Waals surface area contributed by atoms with Crippen LogP contribution in [0.2, 0.25) is 0 Å². The molecule has 0 aromatic carbocycles. The van der Waals surface area contributed by atoms with Crippen LogP contribution >= 0.6 is 0 Å². The Morgan fingerprint density at radius 3 is 2.64 bits per heavy atom. The van der Waals surface area contributed by atoms with Crippen LogP contribution in [0, 0.1) is 5.92 Å². The number of rotatable bonds is 2. The maximum atomic E-state index is 11.5. The summed E-state index contributed by atoms with van der Waals surface area (Å²) in [6.07, 6.45) is 1.95. The fraction of sp³-hybridized carbons (Fsp3) is 0.600. The van der Waals surface area contributed by atoms with Gasteiger partial charge in [-0.2, -0.15) is 0 Å². The van der Waals surface area contributed by atoms with Crippen molar-refractivity contribution in [2.75, 3.05) is 0 Å². The number of primary amides is 1. The van der Waals surface area contributed by atoms with Crippen LogP contribution in [0.3, 0.4) is 0 Å². The summed E-state index contributed by atoms with van der Waals surface area (Å²) in [4.78, 5) is 24.2. The van der Waals surface area contributed by atoms with E-state index in [4.69, 9.17) is 5.73 Å². The fourth-order valence-corrected chi connectivity index (χ4v) is 1.57. The molecule has 0 spiro atoms. The Kier molecular flexibility index (Phi) is 2.93. The van der Waals surface area contributed by atoms with E-state index in [0.717, 1.165) is 0 Å². The van der Waals surface area contributed by atoms with Gasteiger partial charge in [-0.15, -0.1) is 0 Å². The van der Waals surface area contributed by atoms with Crippen LogP contribution in [0.15, 0.2) is 11.8 Å². The first-order chi connectivity index (χ1) is 6.43. The van der Waals surface area contributed by atoms with Crippen molar-refractivity contribution in [2.24, 2.45) is 11.7 Å². The minimum Gasteiger partial charge on any atom is -0.366 e. The molecule has 0 radical (unpaired) electrons. The first-order valence-corrected chi connectivity index (χ1v) is 4.76. The smallest absolute Gasteiger partial charge is 0.246 e. The van der Waals surface area contributed by atoms with Gasteiger partial charge >= 0.3 is 0 Å². The van der Waals surface area contributed by atoms with Gasteiger partial charge in [-0.05, 0) is 19.8 Å². The molecule has 1 unspecified atom stereocenters. The number of nitrogens with zero attached hydrogens (tertiary/aromatic N) is 1. The summed E-state index contributed by atoms with van der Waals surface area (Å²) in [5, 5.41) is 0. The largest absolute Gasteiger partial charge is 0.366 e. The number of nitrogens with two attached hydrogens (primary N) is 1. The van der Waals surface area contributed by atoms with E-state index in [1.807, 2.05) is 20.8 Å². The Balaban J connectivity index is 2.99. The van der Waals surface area contributed by atoms with Crippen molar-refractivity contribution in [1.82, 2.24) is 4.90 Å². The van der Waals surface area contributed by atoms with Gasteiger partial charge in [0.25, 0.3) is 0 Å². The molecule has 1 aliphatic heterocycles. The third kappa shape index (κ3) is 1.95. The molecule has 0 fully saturated rings. The van der Waals surface area contributed by atoms with Crippen molar-refractivity contribution >= 4 is 11.8 Å². The lowest BCUT2D eigenvalue weighted by Gasteiger charge is -2.30. The van der Waals surface area contributed by atoms with Crippen LogP contribution in [0.5, 0.6) is 0 Å². The van der Waals surface area contributed by atoms with Crippen molar-refractivity contribution in [1.29, 1.82) is 0 Å². The standard InChI is InChI=1S/C10H16N2O2/c1-6(2)12-5-8(10(11)14)7(3)4-9(12)13/h5-7H,4H2,1-3H3,(H2,11,14). The van der Waals surface area contributed by atoms with Gasteiger partial charge < -0.3 is 10.6 Å². The lowest BCUT2D eigenvalue weighted by atomic mass is 9.93. The third-order valence-corrected chi connectivity index (χ3v) is 2.42. The second-order valence-corrected chi connectivity index (χ2v) is 3.95. The van der Waals surface area contributed by atoms with Crippen LogP contribution < -0.4 is 5.73 Å². The number of hydrogen-bond donors (Lipinski definition) is 1. The minimum absolute atomic E-state index is 0.0532. The Hall–Kier alpha value is -1.32. The van der Waals surface area contributed by atoms with Gasteiger partial charge in [-0.3, -0.25) is 9.59 Å². The molecule has 2 amide bonds. The zero-order valence-electron chi connectivity index (χ0n) is 8.78. The Labute approximate surface area is 83.8 Å². The van der Waals surface area contributed by atoms with Crippen molar-refractivity contribution in [3.05, 3.63) is 11.8 Å². The van der Waals surface area contributed by atoms with Crippen LogP contribution in [-0.4, -0.2) is 22.8 Å². The first-order valence-electron chi connectivity index (χ1n) is 4.76. The maximum Gasteiger partial charge on any atom is 0.246 e. The van der Waals surface area contributed by atoms with Crippen molar-refractivity contribution in [3.8, 4) is 0 Å². The van der Waals surface area contributed by atoms with E-state index in [2.05, 4.69) is 0 Å². The lowest BCUT2D eigenvalue weighted by molar-refractivity contribution is -0.131. The van der Waals surface area contributed by atoms with E-state index in [1.54, 1.807) is 11.1 Å². The molecule has 14 heavy (non-hydrogen) atoms. The second-order valence-electron chi connectivity index (χ2n) is 3.95. The normalized spacial score (nSPS) is 22.6. The molecule has 0 saturated carbocycles. The molecule has 4 heteroatoms. The van der Waals surface area contributed by atoms with Crippen LogP contribution in [0.1, 0.15) is 27.2 Å². The Bertz CT molecular complexity index is 294. The summed E-state index contributed by atoms with van der Waals surface area (Å²) in [6.45, 7) is 5.65. The van der Waals surface area contributed by atoms with E-state index in [1.165, 1.54) is 0 Å². The molecule has 0 aliphatic carbocycles. The highest BCUT2D eigenvalue weighted by Gasteiger charge is 2.28. The van der Waals surface area contributed by atoms with Gasteiger partial charge in [0.2, 0.25) is 11.8 Å². The molecule has 1 heterocycles. The second kappa shape index (κ2) is 3.82. The molecule has 0 aromatic rings. The molecule has 1 atom stereocenters. The van der Waals surface area contributed by atoms with Crippen molar-refractivity contribution in [3.63, 3.8) is 0 Å². The average Bonchev–Trinajstić information content (AvgIpc) is 2.02. The Morgan fingerprint density at radius 1 is 1.64 bits per heavy atom. The van der Waals surface area contributed by atoms with E-state index in [-0.39, 0.29) is 17.9 Å². The SMILES string of the molecule is CC1CC(=O)N(C(C)C)C=C1C(N)=O. The molecule has 1 aliphatic rings.